The van der Waals surface area contributed by atoms with Crippen LogP contribution in [-0.2, 0) is 9.84 Å². The van der Waals surface area contributed by atoms with Crippen molar-refractivity contribution < 1.29 is 13.5 Å². The molecule has 17 heavy (non-hydrogen) atoms. The van der Waals surface area contributed by atoms with Gasteiger partial charge in [-0.05, 0) is 56.7 Å². The van der Waals surface area contributed by atoms with E-state index in [9.17, 15) is 13.5 Å². The number of sulfone groups is 1. The highest BCUT2D eigenvalue weighted by Gasteiger charge is 2.36. The third-order valence-corrected chi connectivity index (χ3v) is 5.64. The third kappa shape index (κ3) is 3.33. The van der Waals surface area contributed by atoms with Gasteiger partial charge < -0.3 is 10.4 Å². The molecule has 94 valence electrons. The van der Waals surface area contributed by atoms with Gasteiger partial charge in [-0.3, -0.25) is 0 Å². The number of aliphatic hydroxyl groups excluding tert-OH is 1. The molecule has 0 aliphatic carbocycles. The quantitative estimate of drug-likeness (QED) is 0.698. The van der Waals surface area contributed by atoms with Crippen LogP contribution in [0.4, 0.5) is 5.69 Å². The summed E-state index contributed by atoms with van der Waals surface area (Å²) >= 11 is 5.60. The van der Waals surface area contributed by atoms with Gasteiger partial charge in [-0.2, -0.15) is 0 Å². The monoisotopic (exact) mass is 431 g/mol. The summed E-state index contributed by atoms with van der Waals surface area (Å²) in [5.74, 6) is -0.181. The Bertz CT molecular complexity index is 534. The van der Waals surface area contributed by atoms with Gasteiger partial charge >= 0.3 is 0 Å². The van der Waals surface area contributed by atoms with Gasteiger partial charge in [0.05, 0.1) is 23.7 Å². The molecular weight excluding hydrogens is 421 g/mol. The SMILES string of the molecule is O=S1(=O)CC(O)C(Nc2ccc(I)cc2Br)C1. The number of halogens is 2. The van der Waals surface area contributed by atoms with Crippen LogP contribution in [0.1, 0.15) is 0 Å². The Morgan fingerprint density at radius 3 is 2.65 bits per heavy atom. The summed E-state index contributed by atoms with van der Waals surface area (Å²) in [5.41, 5.74) is 0.798. The van der Waals surface area contributed by atoms with E-state index in [0.717, 1.165) is 13.7 Å². The van der Waals surface area contributed by atoms with Crippen molar-refractivity contribution in [2.45, 2.75) is 12.1 Å². The van der Waals surface area contributed by atoms with Crippen LogP contribution in [0.25, 0.3) is 0 Å². The number of anilines is 1. The van der Waals surface area contributed by atoms with E-state index in [1.54, 1.807) is 0 Å². The Balaban J connectivity index is 2.17. The van der Waals surface area contributed by atoms with E-state index in [-0.39, 0.29) is 11.5 Å². The molecule has 0 spiro atoms. The van der Waals surface area contributed by atoms with Crippen molar-refractivity contribution in [1.82, 2.24) is 0 Å². The first-order valence-corrected chi connectivity index (χ1v) is 8.67. The van der Waals surface area contributed by atoms with Crippen molar-refractivity contribution in [3.63, 3.8) is 0 Å². The average Bonchev–Trinajstić information content (AvgIpc) is 2.44. The summed E-state index contributed by atoms with van der Waals surface area (Å²) in [7, 11) is -3.12. The van der Waals surface area contributed by atoms with Crippen LogP contribution in [0.5, 0.6) is 0 Å². The number of hydrogen-bond donors (Lipinski definition) is 2. The van der Waals surface area contributed by atoms with E-state index in [2.05, 4.69) is 43.8 Å². The van der Waals surface area contributed by atoms with Crippen molar-refractivity contribution >= 4 is 54.0 Å². The molecular formula is C10H11BrINO3S. The second kappa shape index (κ2) is 5.02. The van der Waals surface area contributed by atoms with Crippen molar-refractivity contribution in [2.24, 2.45) is 0 Å². The molecule has 7 heteroatoms. The zero-order valence-corrected chi connectivity index (χ0v) is 13.3. The zero-order chi connectivity index (χ0) is 12.6. The fourth-order valence-corrected chi connectivity index (χ4v) is 4.93. The van der Waals surface area contributed by atoms with Gasteiger partial charge in [0.1, 0.15) is 0 Å². The Hall–Kier alpha value is 0.140. The van der Waals surface area contributed by atoms with Crippen molar-refractivity contribution in [2.75, 3.05) is 16.8 Å². The molecule has 0 bridgehead atoms. The van der Waals surface area contributed by atoms with E-state index >= 15 is 0 Å². The Morgan fingerprint density at radius 1 is 1.41 bits per heavy atom. The standard InChI is InChI=1S/C10H11BrINO3S/c11-7-3-6(12)1-2-8(7)13-9-4-17(15,16)5-10(9)14/h1-3,9-10,13-14H,4-5H2. The third-order valence-electron chi connectivity index (χ3n) is 2.59. The van der Waals surface area contributed by atoms with Crippen LogP contribution < -0.4 is 5.32 Å². The topological polar surface area (TPSA) is 66.4 Å². The van der Waals surface area contributed by atoms with Crippen LogP contribution >= 0.6 is 38.5 Å². The molecule has 1 saturated heterocycles. The smallest absolute Gasteiger partial charge is 0.155 e. The Morgan fingerprint density at radius 2 is 2.12 bits per heavy atom. The van der Waals surface area contributed by atoms with Gasteiger partial charge in [0, 0.05) is 13.7 Å². The van der Waals surface area contributed by atoms with Crippen molar-refractivity contribution in [3.8, 4) is 0 Å². The van der Waals surface area contributed by atoms with Crippen molar-refractivity contribution in [1.29, 1.82) is 0 Å². The van der Waals surface area contributed by atoms with Gasteiger partial charge in [0.2, 0.25) is 0 Å². The maximum Gasteiger partial charge on any atom is 0.155 e. The molecule has 4 nitrogen and oxygen atoms in total. The number of nitrogens with one attached hydrogen (secondary N) is 1. The molecule has 0 amide bonds. The van der Waals surface area contributed by atoms with Gasteiger partial charge in [-0.1, -0.05) is 0 Å². The predicted molar refractivity (Wildman–Crippen MR) is 78.9 cm³/mol. The highest BCUT2D eigenvalue weighted by atomic mass is 127. The molecule has 1 aromatic carbocycles. The van der Waals surface area contributed by atoms with Crippen LogP contribution in [0.3, 0.4) is 0 Å². The van der Waals surface area contributed by atoms with E-state index in [1.807, 2.05) is 18.2 Å². The minimum absolute atomic E-state index is 0.0212. The molecule has 2 unspecified atom stereocenters. The first-order chi connectivity index (χ1) is 7.87. The van der Waals surface area contributed by atoms with E-state index in [0.29, 0.717) is 0 Å². The first-order valence-electron chi connectivity index (χ1n) is 4.97. The second-order valence-electron chi connectivity index (χ2n) is 4.02. The normalized spacial score (nSPS) is 27.0. The summed E-state index contributed by atoms with van der Waals surface area (Å²) in [6, 6.07) is 5.28. The number of hydrogen-bond acceptors (Lipinski definition) is 4. The molecule has 2 atom stereocenters. The summed E-state index contributed by atoms with van der Waals surface area (Å²) in [5, 5.41) is 12.7. The Labute approximate surface area is 122 Å². The predicted octanol–water partition coefficient (Wildman–Crippen LogP) is 1.62. The zero-order valence-electron chi connectivity index (χ0n) is 8.73. The first kappa shape index (κ1) is 13.6. The molecule has 1 aliphatic heterocycles. The molecule has 1 aliphatic rings. The fraction of sp³-hybridized carbons (Fsp3) is 0.400. The highest BCUT2D eigenvalue weighted by molar-refractivity contribution is 14.1. The largest absolute Gasteiger partial charge is 0.390 e. The number of aliphatic hydroxyl groups is 1. The Kier molecular flexibility index (Phi) is 4.01. The molecule has 2 N–H and O–H groups in total. The average molecular weight is 432 g/mol. The summed E-state index contributed by atoms with van der Waals surface area (Å²) in [4.78, 5) is 0. The maximum absolute atomic E-state index is 11.4. The lowest BCUT2D eigenvalue weighted by Gasteiger charge is -2.17. The molecule has 1 heterocycles. The molecule has 0 aromatic heterocycles. The molecule has 1 fully saturated rings. The lowest BCUT2D eigenvalue weighted by atomic mass is 10.2. The van der Waals surface area contributed by atoms with E-state index < -0.39 is 22.0 Å². The summed E-state index contributed by atoms with van der Waals surface area (Å²) < 4.78 is 24.7. The lowest BCUT2D eigenvalue weighted by Crippen LogP contribution is -2.31. The van der Waals surface area contributed by atoms with E-state index in [1.165, 1.54) is 0 Å². The van der Waals surface area contributed by atoms with Crippen LogP contribution in [0, 0.1) is 3.57 Å². The van der Waals surface area contributed by atoms with Crippen LogP contribution in [0.2, 0.25) is 0 Å². The summed E-state index contributed by atoms with van der Waals surface area (Å²) in [6.07, 6.45) is -0.842. The summed E-state index contributed by atoms with van der Waals surface area (Å²) in [6.45, 7) is 0. The number of benzene rings is 1. The number of rotatable bonds is 2. The van der Waals surface area contributed by atoms with Crippen LogP contribution in [-0.4, -0.2) is 37.2 Å². The maximum atomic E-state index is 11.4. The lowest BCUT2D eigenvalue weighted by molar-refractivity contribution is 0.190. The second-order valence-corrected chi connectivity index (χ2v) is 8.27. The fourth-order valence-electron chi connectivity index (χ4n) is 1.77. The molecule has 1 aromatic rings. The van der Waals surface area contributed by atoms with Gasteiger partial charge in [-0.25, -0.2) is 8.42 Å². The van der Waals surface area contributed by atoms with Gasteiger partial charge in [-0.15, -0.1) is 0 Å². The van der Waals surface area contributed by atoms with E-state index in [4.69, 9.17) is 0 Å². The van der Waals surface area contributed by atoms with Crippen molar-refractivity contribution in [3.05, 3.63) is 26.2 Å². The molecule has 0 saturated carbocycles. The van der Waals surface area contributed by atoms with Gasteiger partial charge in [0.15, 0.2) is 9.84 Å². The highest BCUT2D eigenvalue weighted by Crippen LogP contribution is 2.27. The minimum Gasteiger partial charge on any atom is -0.390 e. The van der Waals surface area contributed by atoms with Crippen LogP contribution in [0.15, 0.2) is 22.7 Å². The van der Waals surface area contributed by atoms with Gasteiger partial charge in [0.25, 0.3) is 0 Å². The minimum atomic E-state index is -3.12. The molecule has 2 rings (SSSR count). The molecule has 0 radical (unpaired) electrons.